The van der Waals surface area contributed by atoms with Crippen LogP contribution in [-0.2, 0) is 14.8 Å². The normalized spacial score (nSPS) is 23.2. The van der Waals surface area contributed by atoms with Crippen LogP contribution in [0.1, 0.15) is 38.7 Å². The van der Waals surface area contributed by atoms with E-state index >= 15 is 0 Å². The fourth-order valence-corrected chi connectivity index (χ4v) is 6.52. The number of nitrogens with zero attached hydrogens (tertiary/aromatic N) is 2. The molecule has 0 spiro atoms. The summed E-state index contributed by atoms with van der Waals surface area (Å²) in [6.45, 7) is 5.94. The van der Waals surface area contributed by atoms with Gasteiger partial charge in [-0.3, -0.25) is 4.79 Å². The van der Waals surface area contributed by atoms with Gasteiger partial charge in [0.25, 0.3) is 0 Å². The summed E-state index contributed by atoms with van der Waals surface area (Å²) in [5, 5.41) is 9.82. The van der Waals surface area contributed by atoms with Gasteiger partial charge >= 0.3 is 0 Å². The molecule has 1 fully saturated rings. The van der Waals surface area contributed by atoms with E-state index in [1.807, 2.05) is 38.1 Å². The molecule has 1 amide bonds. The van der Waals surface area contributed by atoms with Gasteiger partial charge in [0.2, 0.25) is 15.9 Å². The molecule has 35 heavy (non-hydrogen) atoms. The standard InChI is InChI=1S/C27H36N2O5S/c1-18-8-10-21(11-9-18)23-12-13-26-24(14-23)34-25(16-28(4)27(31)22-6-5-7-22)19(2)15-29(20(3)17-30)35(26,32)33/h8-14,19-20,22,25,30H,5-7,15-17H2,1-4H3/t19-,20-,25-/m1/s1. The number of fused-ring (bicyclic) bond motifs is 1. The minimum atomic E-state index is -3.90. The lowest BCUT2D eigenvalue weighted by Gasteiger charge is -2.38. The Morgan fingerprint density at radius 2 is 1.83 bits per heavy atom. The van der Waals surface area contributed by atoms with Crippen molar-refractivity contribution in [3.63, 3.8) is 0 Å². The highest BCUT2D eigenvalue weighted by Gasteiger charge is 2.39. The highest BCUT2D eigenvalue weighted by Crippen LogP contribution is 2.37. The maximum absolute atomic E-state index is 13.7. The van der Waals surface area contributed by atoms with E-state index in [1.54, 1.807) is 37.1 Å². The number of aliphatic hydroxyl groups is 1. The highest BCUT2D eigenvalue weighted by atomic mass is 32.2. The Balaban J connectivity index is 1.74. The summed E-state index contributed by atoms with van der Waals surface area (Å²) in [6.07, 6.45) is 2.53. The molecule has 1 heterocycles. The third-order valence-electron chi connectivity index (χ3n) is 7.34. The number of carbonyl (C=O) groups is 1. The molecule has 0 unspecified atom stereocenters. The first-order valence-electron chi connectivity index (χ1n) is 12.4. The van der Waals surface area contributed by atoms with Gasteiger partial charge < -0.3 is 14.7 Å². The number of amides is 1. The Kier molecular flexibility index (Phi) is 7.54. The van der Waals surface area contributed by atoms with Crippen LogP contribution in [-0.4, -0.2) is 67.5 Å². The zero-order valence-electron chi connectivity index (χ0n) is 21.0. The third kappa shape index (κ3) is 5.25. The van der Waals surface area contributed by atoms with Gasteiger partial charge in [0.05, 0.1) is 13.2 Å². The van der Waals surface area contributed by atoms with Crippen molar-refractivity contribution >= 4 is 15.9 Å². The van der Waals surface area contributed by atoms with Crippen LogP contribution in [0.3, 0.4) is 0 Å². The molecule has 7 nitrogen and oxygen atoms in total. The number of benzene rings is 2. The van der Waals surface area contributed by atoms with Crippen LogP contribution in [0.25, 0.3) is 11.1 Å². The lowest BCUT2D eigenvalue weighted by Crippen LogP contribution is -2.50. The molecule has 190 valence electrons. The van der Waals surface area contributed by atoms with E-state index in [-0.39, 0.29) is 41.5 Å². The van der Waals surface area contributed by atoms with Gasteiger partial charge in [0.1, 0.15) is 16.7 Å². The lowest BCUT2D eigenvalue weighted by molar-refractivity contribution is -0.138. The number of carbonyl (C=O) groups excluding carboxylic acids is 1. The average Bonchev–Trinajstić information content (AvgIpc) is 2.79. The second-order valence-electron chi connectivity index (χ2n) is 10.1. The molecule has 0 aromatic heterocycles. The van der Waals surface area contributed by atoms with E-state index in [1.165, 1.54) is 4.31 Å². The maximum atomic E-state index is 13.7. The average molecular weight is 501 g/mol. The smallest absolute Gasteiger partial charge is 0.247 e. The molecule has 3 atom stereocenters. The lowest BCUT2D eigenvalue weighted by atomic mass is 9.84. The highest BCUT2D eigenvalue weighted by molar-refractivity contribution is 7.89. The number of aryl methyl sites for hydroxylation is 1. The molecule has 2 aromatic carbocycles. The van der Waals surface area contributed by atoms with Gasteiger partial charge in [-0.1, -0.05) is 49.2 Å². The van der Waals surface area contributed by atoms with Crippen molar-refractivity contribution in [2.75, 3.05) is 26.7 Å². The molecule has 0 bridgehead atoms. The molecule has 1 N–H and O–H groups in total. The topological polar surface area (TPSA) is 87.2 Å². The Morgan fingerprint density at radius 3 is 2.43 bits per heavy atom. The van der Waals surface area contributed by atoms with Gasteiger partial charge in [-0.2, -0.15) is 4.31 Å². The molecular weight excluding hydrogens is 464 g/mol. The largest absolute Gasteiger partial charge is 0.487 e. The summed E-state index contributed by atoms with van der Waals surface area (Å²) in [5.74, 6) is 0.275. The van der Waals surface area contributed by atoms with E-state index in [9.17, 15) is 18.3 Å². The van der Waals surface area contributed by atoms with Crippen LogP contribution < -0.4 is 4.74 Å². The van der Waals surface area contributed by atoms with E-state index in [0.29, 0.717) is 6.54 Å². The van der Waals surface area contributed by atoms with Crippen LogP contribution in [0.2, 0.25) is 0 Å². The van der Waals surface area contributed by atoms with Gasteiger partial charge in [0.15, 0.2) is 0 Å². The minimum Gasteiger partial charge on any atom is -0.487 e. The number of rotatable bonds is 6. The molecule has 4 rings (SSSR count). The molecule has 1 saturated carbocycles. The van der Waals surface area contributed by atoms with Crippen molar-refractivity contribution in [3.8, 4) is 16.9 Å². The number of ether oxygens (including phenoxy) is 1. The SMILES string of the molecule is Cc1ccc(-c2ccc3c(c2)O[C@H](CN(C)C(=O)C2CCC2)[C@H](C)CN([C@H](C)CO)S3(=O)=O)cc1. The number of hydrogen-bond donors (Lipinski definition) is 1. The summed E-state index contributed by atoms with van der Waals surface area (Å²) in [5.41, 5.74) is 2.95. The first-order valence-corrected chi connectivity index (χ1v) is 13.8. The molecule has 2 aromatic rings. The molecule has 1 aliphatic heterocycles. The minimum absolute atomic E-state index is 0.0792. The molecule has 8 heteroatoms. The van der Waals surface area contributed by atoms with E-state index in [0.717, 1.165) is 36.0 Å². The molecule has 2 aliphatic rings. The number of sulfonamides is 1. The monoisotopic (exact) mass is 500 g/mol. The predicted molar refractivity (Wildman–Crippen MR) is 136 cm³/mol. The fraction of sp³-hybridized carbons (Fsp3) is 0.519. The van der Waals surface area contributed by atoms with Crippen LogP contribution in [0.5, 0.6) is 5.75 Å². The van der Waals surface area contributed by atoms with E-state index < -0.39 is 22.2 Å². The van der Waals surface area contributed by atoms with Crippen LogP contribution >= 0.6 is 0 Å². The summed E-state index contributed by atoms with van der Waals surface area (Å²) < 4.78 is 35.1. The van der Waals surface area contributed by atoms with Crippen LogP contribution in [0.4, 0.5) is 0 Å². The summed E-state index contributed by atoms with van der Waals surface area (Å²) >= 11 is 0. The summed E-state index contributed by atoms with van der Waals surface area (Å²) in [6, 6.07) is 12.6. The second kappa shape index (κ2) is 10.3. The number of likely N-dealkylation sites (N-methyl/N-ethyl adjacent to an activating group) is 1. The summed E-state index contributed by atoms with van der Waals surface area (Å²) in [4.78, 5) is 14.6. The van der Waals surface area contributed by atoms with Gasteiger partial charge in [0, 0.05) is 31.5 Å². The Hall–Kier alpha value is -2.42. The van der Waals surface area contributed by atoms with Gasteiger partial charge in [-0.25, -0.2) is 8.42 Å². The second-order valence-corrected chi connectivity index (χ2v) is 12.0. The zero-order chi connectivity index (χ0) is 25.3. The van der Waals surface area contributed by atoms with Crippen LogP contribution in [0, 0.1) is 18.8 Å². The molecule has 1 aliphatic carbocycles. The maximum Gasteiger partial charge on any atom is 0.247 e. The molecular formula is C27H36N2O5S. The molecule has 0 saturated heterocycles. The van der Waals surface area contributed by atoms with E-state index in [4.69, 9.17) is 4.74 Å². The van der Waals surface area contributed by atoms with Crippen LogP contribution in [0.15, 0.2) is 47.4 Å². The zero-order valence-corrected chi connectivity index (χ0v) is 21.8. The Bertz CT molecular complexity index is 1160. The first-order chi connectivity index (χ1) is 16.6. The van der Waals surface area contributed by atoms with E-state index in [2.05, 4.69) is 0 Å². The molecule has 0 radical (unpaired) electrons. The quantitative estimate of drug-likeness (QED) is 0.654. The van der Waals surface area contributed by atoms with Gasteiger partial charge in [-0.15, -0.1) is 0 Å². The third-order valence-corrected chi connectivity index (χ3v) is 9.36. The van der Waals surface area contributed by atoms with Crippen molar-refractivity contribution in [3.05, 3.63) is 48.0 Å². The van der Waals surface area contributed by atoms with Crippen molar-refractivity contribution < 1.29 is 23.1 Å². The van der Waals surface area contributed by atoms with Crippen molar-refractivity contribution in [1.29, 1.82) is 0 Å². The summed E-state index contributed by atoms with van der Waals surface area (Å²) in [7, 11) is -2.11. The predicted octanol–water partition coefficient (Wildman–Crippen LogP) is 3.69. The first kappa shape index (κ1) is 25.7. The Labute approximate surface area is 208 Å². The number of hydrogen-bond acceptors (Lipinski definition) is 5. The van der Waals surface area contributed by atoms with Crippen molar-refractivity contribution in [2.45, 2.75) is 57.1 Å². The fourth-order valence-electron chi connectivity index (χ4n) is 4.70. The van der Waals surface area contributed by atoms with Crippen molar-refractivity contribution in [1.82, 2.24) is 9.21 Å². The van der Waals surface area contributed by atoms with Crippen molar-refractivity contribution in [2.24, 2.45) is 11.8 Å². The number of aliphatic hydroxyl groups excluding tert-OH is 1. The van der Waals surface area contributed by atoms with Gasteiger partial charge in [-0.05, 0) is 49.9 Å². The Morgan fingerprint density at radius 1 is 1.17 bits per heavy atom.